The first-order valence-corrected chi connectivity index (χ1v) is 7.57. The summed E-state index contributed by atoms with van der Waals surface area (Å²) in [6, 6.07) is 17.6. The molecule has 0 aliphatic heterocycles. The zero-order valence-corrected chi connectivity index (χ0v) is 13.3. The minimum absolute atomic E-state index is 0.0722. The fourth-order valence-corrected chi connectivity index (χ4v) is 2.26. The molecule has 0 unspecified atom stereocenters. The van der Waals surface area contributed by atoms with Crippen molar-refractivity contribution in [3.05, 3.63) is 77.2 Å². The second-order valence-electron chi connectivity index (χ2n) is 5.01. The maximum absolute atomic E-state index is 10.8. The van der Waals surface area contributed by atoms with E-state index in [4.69, 9.17) is 25.9 Å². The molecule has 6 heteroatoms. The number of carboxylic acids is 1. The molecule has 1 heterocycles. The van der Waals surface area contributed by atoms with Gasteiger partial charge in [0.1, 0.15) is 17.3 Å². The van der Waals surface area contributed by atoms with Gasteiger partial charge in [-0.25, -0.2) is 4.79 Å². The highest BCUT2D eigenvalue weighted by Gasteiger charge is 2.08. The highest BCUT2D eigenvalue weighted by Crippen LogP contribution is 2.25. The number of nitrogens with one attached hydrogen (secondary N) is 1. The summed E-state index contributed by atoms with van der Waals surface area (Å²) in [6.45, 7) is 0.391. The van der Waals surface area contributed by atoms with Crippen LogP contribution in [0.5, 0.6) is 11.5 Å². The molecule has 1 aromatic heterocycles. The third kappa shape index (κ3) is 4.08. The molecule has 0 bridgehead atoms. The summed E-state index contributed by atoms with van der Waals surface area (Å²) in [4.78, 5) is 10.8. The summed E-state index contributed by atoms with van der Waals surface area (Å²) < 4.78 is 10.9. The second kappa shape index (κ2) is 7.10. The maximum Gasteiger partial charge on any atom is 0.371 e. The van der Waals surface area contributed by atoms with Gasteiger partial charge in [-0.3, -0.25) is 0 Å². The monoisotopic (exact) mass is 343 g/mol. The quantitative estimate of drug-likeness (QED) is 0.656. The van der Waals surface area contributed by atoms with Crippen LogP contribution in [0.2, 0.25) is 5.02 Å². The fraction of sp³-hybridized carbons (Fsp3) is 0.0556. The largest absolute Gasteiger partial charge is 0.475 e. The molecule has 0 saturated carbocycles. The maximum atomic E-state index is 10.8. The molecule has 24 heavy (non-hydrogen) atoms. The van der Waals surface area contributed by atoms with E-state index in [-0.39, 0.29) is 5.76 Å². The average molecular weight is 344 g/mol. The SMILES string of the molecule is O=C(O)c1ccc(CNc2ccc(Oc3cccc(Cl)c3)cc2)o1. The average Bonchev–Trinajstić information content (AvgIpc) is 3.04. The van der Waals surface area contributed by atoms with Gasteiger partial charge in [0, 0.05) is 10.7 Å². The van der Waals surface area contributed by atoms with Crippen molar-refractivity contribution in [1.82, 2.24) is 0 Å². The molecule has 0 saturated heterocycles. The molecule has 0 radical (unpaired) electrons. The van der Waals surface area contributed by atoms with Gasteiger partial charge in [-0.15, -0.1) is 0 Å². The Labute approximate surface area is 143 Å². The van der Waals surface area contributed by atoms with Crippen LogP contribution in [-0.2, 0) is 6.54 Å². The summed E-state index contributed by atoms with van der Waals surface area (Å²) in [5.41, 5.74) is 0.863. The first-order chi connectivity index (χ1) is 11.6. The van der Waals surface area contributed by atoms with Crippen molar-refractivity contribution in [1.29, 1.82) is 0 Å². The number of carbonyl (C=O) groups is 1. The molecule has 0 spiro atoms. The van der Waals surface area contributed by atoms with Crippen LogP contribution < -0.4 is 10.1 Å². The first-order valence-electron chi connectivity index (χ1n) is 7.19. The number of carboxylic acid groups (broad SMARTS) is 1. The van der Waals surface area contributed by atoms with E-state index in [1.54, 1.807) is 18.2 Å². The molecular formula is C18H14ClNO4. The van der Waals surface area contributed by atoms with E-state index >= 15 is 0 Å². The first kappa shape index (κ1) is 16.0. The molecular weight excluding hydrogens is 330 g/mol. The number of ether oxygens (including phenoxy) is 1. The number of anilines is 1. The third-order valence-corrected chi connectivity index (χ3v) is 3.46. The minimum atomic E-state index is -1.08. The number of hydrogen-bond acceptors (Lipinski definition) is 4. The van der Waals surface area contributed by atoms with Gasteiger partial charge in [-0.1, -0.05) is 17.7 Å². The zero-order chi connectivity index (χ0) is 16.9. The standard InChI is InChI=1S/C18H14ClNO4/c19-12-2-1-3-15(10-12)23-14-6-4-13(5-7-14)20-11-16-8-9-17(24-16)18(21)22/h1-10,20H,11H2,(H,21,22). The Balaban J connectivity index is 1.58. The van der Waals surface area contributed by atoms with E-state index in [9.17, 15) is 4.79 Å². The van der Waals surface area contributed by atoms with Crippen LogP contribution in [0.3, 0.4) is 0 Å². The summed E-state index contributed by atoms with van der Waals surface area (Å²) >= 11 is 5.92. The minimum Gasteiger partial charge on any atom is -0.475 e. The number of rotatable bonds is 6. The Morgan fingerprint density at radius 2 is 1.88 bits per heavy atom. The van der Waals surface area contributed by atoms with Gasteiger partial charge in [0.25, 0.3) is 0 Å². The molecule has 0 fully saturated rings. The van der Waals surface area contributed by atoms with E-state index in [0.717, 1.165) is 5.69 Å². The molecule has 122 valence electrons. The number of furan rings is 1. The van der Waals surface area contributed by atoms with Crippen molar-refractivity contribution in [3.8, 4) is 11.5 Å². The van der Waals surface area contributed by atoms with Crippen molar-refractivity contribution in [3.63, 3.8) is 0 Å². The zero-order valence-electron chi connectivity index (χ0n) is 12.5. The Hall–Kier alpha value is -2.92. The number of hydrogen-bond donors (Lipinski definition) is 2. The van der Waals surface area contributed by atoms with Crippen molar-refractivity contribution in [2.75, 3.05) is 5.32 Å². The number of halogens is 1. The van der Waals surface area contributed by atoms with E-state index in [0.29, 0.717) is 28.8 Å². The van der Waals surface area contributed by atoms with Crippen molar-refractivity contribution in [2.24, 2.45) is 0 Å². The molecule has 3 aromatic rings. The van der Waals surface area contributed by atoms with Crippen LogP contribution in [0.1, 0.15) is 16.3 Å². The lowest BCUT2D eigenvalue weighted by Crippen LogP contribution is -1.98. The molecule has 2 N–H and O–H groups in total. The third-order valence-electron chi connectivity index (χ3n) is 3.23. The summed E-state index contributed by atoms with van der Waals surface area (Å²) in [5, 5.41) is 12.6. The Kier molecular flexibility index (Phi) is 4.72. The van der Waals surface area contributed by atoms with Crippen molar-refractivity contribution in [2.45, 2.75) is 6.54 Å². The van der Waals surface area contributed by atoms with Crippen LogP contribution in [0.4, 0.5) is 5.69 Å². The van der Waals surface area contributed by atoms with Gasteiger partial charge in [0.15, 0.2) is 0 Å². The fourth-order valence-electron chi connectivity index (χ4n) is 2.08. The van der Waals surface area contributed by atoms with Gasteiger partial charge in [0.2, 0.25) is 5.76 Å². The summed E-state index contributed by atoms with van der Waals surface area (Å²) in [7, 11) is 0. The van der Waals surface area contributed by atoms with Gasteiger partial charge in [0.05, 0.1) is 6.54 Å². The van der Waals surface area contributed by atoms with Crippen molar-refractivity contribution < 1.29 is 19.1 Å². The van der Waals surface area contributed by atoms with E-state index in [1.807, 2.05) is 36.4 Å². The van der Waals surface area contributed by atoms with Crippen LogP contribution in [0.15, 0.2) is 65.1 Å². The van der Waals surface area contributed by atoms with Gasteiger partial charge < -0.3 is 19.6 Å². The smallest absolute Gasteiger partial charge is 0.371 e. The van der Waals surface area contributed by atoms with Crippen LogP contribution in [0.25, 0.3) is 0 Å². The lowest BCUT2D eigenvalue weighted by atomic mass is 10.3. The highest BCUT2D eigenvalue weighted by atomic mass is 35.5. The number of aromatic carboxylic acids is 1. The lowest BCUT2D eigenvalue weighted by Gasteiger charge is -2.08. The second-order valence-corrected chi connectivity index (χ2v) is 5.44. The lowest BCUT2D eigenvalue weighted by molar-refractivity contribution is 0.0660. The highest BCUT2D eigenvalue weighted by molar-refractivity contribution is 6.30. The molecule has 3 rings (SSSR count). The summed E-state index contributed by atoms with van der Waals surface area (Å²) in [5.74, 6) is 0.751. The molecule has 0 atom stereocenters. The predicted octanol–water partition coefficient (Wildman–Crippen LogP) is 5.04. The van der Waals surface area contributed by atoms with Crippen LogP contribution >= 0.6 is 11.6 Å². The topological polar surface area (TPSA) is 71.7 Å². The van der Waals surface area contributed by atoms with E-state index in [1.165, 1.54) is 6.07 Å². The predicted molar refractivity (Wildman–Crippen MR) is 91.0 cm³/mol. The molecule has 2 aromatic carbocycles. The molecule has 0 aliphatic carbocycles. The molecule has 0 amide bonds. The van der Waals surface area contributed by atoms with Crippen LogP contribution in [-0.4, -0.2) is 11.1 Å². The Morgan fingerprint density at radius 1 is 1.08 bits per heavy atom. The molecule has 0 aliphatic rings. The number of benzene rings is 2. The van der Waals surface area contributed by atoms with Gasteiger partial charge in [-0.05, 0) is 54.6 Å². The van der Waals surface area contributed by atoms with Crippen molar-refractivity contribution >= 4 is 23.3 Å². The van der Waals surface area contributed by atoms with E-state index < -0.39 is 5.97 Å². The summed E-state index contributed by atoms with van der Waals surface area (Å²) in [6.07, 6.45) is 0. The van der Waals surface area contributed by atoms with Gasteiger partial charge >= 0.3 is 5.97 Å². The van der Waals surface area contributed by atoms with E-state index in [2.05, 4.69) is 5.32 Å². The van der Waals surface area contributed by atoms with Crippen LogP contribution in [0, 0.1) is 0 Å². The van der Waals surface area contributed by atoms with Gasteiger partial charge in [-0.2, -0.15) is 0 Å². The normalized spacial score (nSPS) is 10.4. The molecule has 5 nitrogen and oxygen atoms in total. The Bertz CT molecular complexity index is 842. The Morgan fingerprint density at radius 3 is 2.54 bits per heavy atom.